The number of hydrogen-bond donors (Lipinski definition) is 2. The van der Waals surface area contributed by atoms with Crippen LogP contribution >= 0.6 is 0 Å². The zero-order valence-electron chi connectivity index (χ0n) is 13.2. The van der Waals surface area contributed by atoms with Crippen molar-refractivity contribution in [3.63, 3.8) is 0 Å². The summed E-state index contributed by atoms with van der Waals surface area (Å²) in [4.78, 5) is 40.1. The number of nitrogens with one attached hydrogen (secondary N) is 1. The third kappa shape index (κ3) is 3.50. The number of Topliss-reactive ketones (excluding diaryl/α,β-unsaturated/α-hetero) is 1. The first-order chi connectivity index (χ1) is 11.0. The van der Waals surface area contributed by atoms with Gasteiger partial charge in [-0.25, -0.2) is 4.79 Å². The lowest BCUT2D eigenvalue weighted by Gasteiger charge is -2.19. The van der Waals surface area contributed by atoms with Crippen LogP contribution in [-0.4, -0.2) is 28.9 Å². The molecule has 122 valence electrons. The number of carbonyl (C=O) groups excluding carboxylic acids is 1. The maximum absolute atomic E-state index is 12.5. The molecule has 0 atom stereocenters. The fraction of sp³-hybridized carbons (Fsp3) is 0.312. The van der Waals surface area contributed by atoms with Crippen LogP contribution in [-0.2, 0) is 6.54 Å². The standard InChI is InChI=1S/C16H20N4O3/c1-3-9-20-14(17)13(15(22)18-16(20)23)12(21)10-19(2)11-7-5-4-6-8-11/h4-8H,3,9-10,17H2,1-2H3,(H,18,22,23). The van der Waals surface area contributed by atoms with Crippen molar-refractivity contribution in [2.45, 2.75) is 19.9 Å². The van der Waals surface area contributed by atoms with Crippen molar-refractivity contribution in [3.05, 3.63) is 56.7 Å². The number of aromatic nitrogens is 2. The smallest absolute Gasteiger partial charge is 0.329 e. The number of nitrogens with zero attached hydrogens (tertiary/aromatic N) is 2. The lowest BCUT2D eigenvalue weighted by atomic mass is 10.1. The predicted octanol–water partition coefficient (Wildman–Crippen LogP) is 0.848. The summed E-state index contributed by atoms with van der Waals surface area (Å²) in [5.41, 5.74) is 5.23. The van der Waals surface area contributed by atoms with Gasteiger partial charge in [0.15, 0.2) is 5.78 Å². The van der Waals surface area contributed by atoms with Gasteiger partial charge in [-0.1, -0.05) is 25.1 Å². The molecule has 2 aromatic rings. The number of hydrogen-bond acceptors (Lipinski definition) is 5. The second-order valence-corrected chi connectivity index (χ2v) is 5.29. The highest BCUT2D eigenvalue weighted by Gasteiger charge is 2.20. The fourth-order valence-corrected chi connectivity index (χ4v) is 2.37. The first kappa shape index (κ1) is 16.5. The van der Waals surface area contributed by atoms with E-state index < -0.39 is 17.0 Å². The highest BCUT2D eigenvalue weighted by Crippen LogP contribution is 2.13. The Kier molecular flexibility index (Phi) is 5.00. The van der Waals surface area contributed by atoms with E-state index in [1.165, 1.54) is 4.57 Å². The van der Waals surface area contributed by atoms with Gasteiger partial charge in [-0.05, 0) is 18.6 Å². The molecule has 7 nitrogen and oxygen atoms in total. The van der Waals surface area contributed by atoms with Crippen molar-refractivity contribution in [3.8, 4) is 0 Å². The summed E-state index contributed by atoms with van der Waals surface area (Å²) in [5.74, 6) is -0.507. The summed E-state index contributed by atoms with van der Waals surface area (Å²) in [5, 5.41) is 0. The van der Waals surface area contributed by atoms with Crippen molar-refractivity contribution >= 4 is 17.3 Å². The summed E-state index contributed by atoms with van der Waals surface area (Å²) >= 11 is 0. The van der Waals surface area contributed by atoms with Crippen molar-refractivity contribution in [1.82, 2.24) is 9.55 Å². The van der Waals surface area contributed by atoms with Crippen molar-refractivity contribution in [2.75, 3.05) is 24.2 Å². The van der Waals surface area contributed by atoms with Gasteiger partial charge in [0.25, 0.3) is 5.56 Å². The van der Waals surface area contributed by atoms with Gasteiger partial charge < -0.3 is 10.6 Å². The summed E-state index contributed by atoms with van der Waals surface area (Å²) in [6, 6.07) is 9.32. The highest BCUT2D eigenvalue weighted by molar-refractivity contribution is 6.02. The van der Waals surface area contributed by atoms with Gasteiger partial charge in [0.2, 0.25) is 0 Å². The molecule has 0 radical (unpaired) electrons. The number of likely N-dealkylation sites (N-methyl/N-ethyl adjacent to an activating group) is 1. The van der Waals surface area contributed by atoms with Crippen LogP contribution in [0.25, 0.3) is 0 Å². The van der Waals surface area contributed by atoms with Crippen LogP contribution in [0.1, 0.15) is 23.7 Å². The van der Waals surface area contributed by atoms with E-state index >= 15 is 0 Å². The topological polar surface area (TPSA) is 101 Å². The number of nitrogens with two attached hydrogens (primary N) is 1. The molecule has 0 bridgehead atoms. The molecule has 0 amide bonds. The number of H-pyrrole nitrogens is 1. The zero-order chi connectivity index (χ0) is 17.0. The molecule has 3 N–H and O–H groups in total. The molecule has 0 aliphatic heterocycles. The molecule has 0 saturated carbocycles. The van der Waals surface area contributed by atoms with Crippen LogP contribution in [0.4, 0.5) is 11.5 Å². The molecule has 0 spiro atoms. The third-order valence-electron chi connectivity index (χ3n) is 3.54. The first-order valence-corrected chi connectivity index (χ1v) is 7.37. The fourth-order valence-electron chi connectivity index (χ4n) is 2.37. The van der Waals surface area contributed by atoms with E-state index in [9.17, 15) is 14.4 Å². The summed E-state index contributed by atoms with van der Waals surface area (Å²) in [7, 11) is 1.75. The highest BCUT2D eigenvalue weighted by atomic mass is 16.2. The van der Waals surface area contributed by atoms with Crippen molar-refractivity contribution < 1.29 is 4.79 Å². The number of anilines is 2. The Labute approximate surface area is 133 Å². The average molecular weight is 316 g/mol. The minimum Gasteiger partial charge on any atom is -0.384 e. The van der Waals surface area contributed by atoms with Crippen LogP contribution < -0.4 is 21.9 Å². The zero-order valence-corrected chi connectivity index (χ0v) is 13.2. The molecular formula is C16H20N4O3. The second-order valence-electron chi connectivity index (χ2n) is 5.29. The maximum Gasteiger partial charge on any atom is 0.329 e. The Morgan fingerprint density at radius 3 is 2.52 bits per heavy atom. The number of aromatic amines is 1. The molecule has 1 aromatic heterocycles. The molecule has 0 unspecified atom stereocenters. The maximum atomic E-state index is 12.5. The third-order valence-corrected chi connectivity index (χ3v) is 3.54. The lowest BCUT2D eigenvalue weighted by Crippen LogP contribution is -2.38. The number of para-hydroxylation sites is 1. The normalized spacial score (nSPS) is 10.5. The molecule has 1 heterocycles. The van der Waals surface area contributed by atoms with E-state index in [0.29, 0.717) is 13.0 Å². The number of ketones is 1. The molecule has 7 heteroatoms. The quantitative estimate of drug-likeness (QED) is 0.769. The molecule has 2 rings (SSSR count). The molecular weight excluding hydrogens is 296 g/mol. The monoisotopic (exact) mass is 316 g/mol. The first-order valence-electron chi connectivity index (χ1n) is 7.37. The van der Waals surface area contributed by atoms with Gasteiger partial charge >= 0.3 is 5.69 Å². The van der Waals surface area contributed by atoms with Crippen LogP contribution in [0.5, 0.6) is 0 Å². The molecule has 0 aliphatic carbocycles. The molecule has 0 fully saturated rings. The Morgan fingerprint density at radius 2 is 1.91 bits per heavy atom. The lowest BCUT2D eigenvalue weighted by molar-refractivity contribution is 0.0999. The Balaban J connectivity index is 2.34. The van der Waals surface area contributed by atoms with Gasteiger partial charge in [-0.3, -0.25) is 19.1 Å². The largest absolute Gasteiger partial charge is 0.384 e. The van der Waals surface area contributed by atoms with Gasteiger partial charge in [0.05, 0.1) is 6.54 Å². The van der Waals surface area contributed by atoms with Crippen molar-refractivity contribution in [2.24, 2.45) is 0 Å². The number of rotatable bonds is 6. The van der Waals surface area contributed by atoms with E-state index in [0.717, 1.165) is 5.69 Å². The van der Waals surface area contributed by atoms with Gasteiger partial charge in [0.1, 0.15) is 11.4 Å². The second kappa shape index (κ2) is 6.95. The van der Waals surface area contributed by atoms with Crippen LogP contribution in [0.2, 0.25) is 0 Å². The van der Waals surface area contributed by atoms with E-state index in [4.69, 9.17) is 5.73 Å². The molecule has 0 aliphatic rings. The average Bonchev–Trinajstić information content (AvgIpc) is 2.52. The SMILES string of the molecule is CCCn1c(N)c(C(=O)CN(C)c2ccccc2)c(=O)[nH]c1=O. The van der Waals surface area contributed by atoms with E-state index in [1.54, 1.807) is 11.9 Å². The van der Waals surface area contributed by atoms with Crippen LogP contribution in [0, 0.1) is 0 Å². The molecule has 1 aromatic carbocycles. The molecule has 0 saturated heterocycles. The van der Waals surface area contributed by atoms with Gasteiger partial charge in [0, 0.05) is 19.3 Å². The minimum absolute atomic E-state index is 0.0123. The molecule has 23 heavy (non-hydrogen) atoms. The van der Waals surface area contributed by atoms with Gasteiger partial charge in [-0.15, -0.1) is 0 Å². The Bertz CT molecular complexity index is 808. The van der Waals surface area contributed by atoms with E-state index in [1.807, 2.05) is 37.3 Å². The van der Waals surface area contributed by atoms with E-state index in [-0.39, 0.29) is 17.9 Å². The van der Waals surface area contributed by atoms with Crippen LogP contribution in [0.3, 0.4) is 0 Å². The number of nitrogen functional groups attached to an aromatic ring is 1. The summed E-state index contributed by atoms with van der Waals surface area (Å²) in [6.45, 7) is 2.21. The van der Waals surface area contributed by atoms with Crippen LogP contribution in [0.15, 0.2) is 39.9 Å². The van der Waals surface area contributed by atoms with Crippen molar-refractivity contribution in [1.29, 1.82) is 0 Å². The number of carbonyl (C=O) groups is 1. The van der Waals surface area contributed by atoms with E-state index in [2.05, 4.69) is 4.98 Å². The summed E-state index contributed by atoms with van der Waals surface area (Å²) in [6.07, 6.45) is 0.660. The Hall–Kier alpha value is -2.83. The Morgan fingerprint density at radius 1 is 1.26 bits per heavy atom. The summed E-state index contributed by atoms with van der Waals surface area (Å²) < 4.78 is 1.22. The number of benzene rings is 1. The predicted molar refractivity (Wildman–Crippen MR) is 90.1 cm³/mol. The minimum atomic E-state index is -0.744. The van der Waals surface area contributed by atoms with Gasteiger partial charge in [-0.2, -0.15) is 0 Å².